The van der Waals surface area contributed by atoms with E-state index in [1.165, 1.54) is 25.7 Å². The predicted octanol–water partition coefficient (Wildman–Crippen LogP) is 3.79. The molecule has 1 heterocycles. The molecule has 1 N–H and O–H groups in total. The minimum atomic E-state index is 0.0448. The van der Waals surface area contributed by atoms with Crippen LogP contribution in [0.15, 0.2) is 0 Å². The SMILES string of the molecule is CCC1NC(C(C)C)N(CCCCCCC(C)C)C1=O. The molecule has 0 spiro atoms. The number of unbranched alkanes of at least 4 members (excludes halogenated alkanes) is 3. The van der Waals surface area contributed by atoms with E-state index in [1.54, 1.807) is 0 Å². The summed E-state index contributed by atoms with van der Waals surface area (Å²) in [5, 5.41) is 3.48. The molecule has 0 aromatic carbocycles. The second kappa shape index (κ2) is 8.66. The van der Waals surface area contributed by atoms with E-state index in [1.807, 2.05) is 0 Å². The molecule has 1 rings (SSSR count). The van der Waals surface area contributed by atoms with Crippen LogP contribution in [-0.4, -0.2) is 29.6 Å². The van der Waals surface area contributed by atoms with Crippen LogP contribution in [0.4, 0.5) is 0 Å². The third-order valence-corrected chi connectivity index (χ3v) is 4.26. The van der Waals surface area contributed by atoms with Crippen molar-refractivity contribution in [2.45, 2.75) is 85.4 Å². The van der Waals surface area contributed by atoms with Crippen molar-refractivity contribution in [1.82, 2.24) is 10.2 Å². The Morgan fingerprint density at radius 3 is 2.30 bits per heavy atom. The highest BCUT2D eigenvalue weighted by Crippen LogP contribution is 2.20. The predicted molar refractivity (Wildman–Crippen MR) is 85.5 cm³/mol. The van der Waals surface area contributed by atoms with Gasteiger partial charge in [0.25, 0.3) is 0 Å². The van der Waals surface area contributed by atoms with E-state index in [4.69, 9.17) is 0 Å². The van der Waals surface area contributed by atoms with Crippen LogP contribution >= 0.6 is 0 Å². The van der Waals surface area contributed by atoms with E-state index in [0.717, 1.165) is 25.3 Å². The van der Waals surface area contributed by atoms with Gasteiger partial charge in [-0.25, -0.2) is 0 Å². The Labute approximate surface area is 125 Å². The second-order valence-corrected chi connectivity index (χ2v) is 6.94. The summed E-state index contributed by atoms with van der Waals surface area (Å²) in [4.78, 5) is 14.4. The van der Waals surface area contributed by atoms with Crippen molar-refractivity contribution in [2.24, 2.45) is 11.8 Å². The number of nitrogens with zero attached hydrogens (tertiary/aromatic N) is 1. The molecule has 0 aromatic rings. The molecule has 3 heteroatoms. The molecule has 20 heavy (non-hydrogen) atoms. The summed E-state index contributed by atoms with van der Waals surface area (Å²) < 4.78 is 0. The van der Waals surface area contributed by atoms with Crippen LogP contribution < -0.4 is 5.32 Å². The highest BCUT2D eigenvalue weighted by atomic mass is 16.2. The number of rotatable bonds is 9. The number of hydrogen-bond acceptors (Lipinski definition) is 2. The lowest BCUT2D eigenvalue weighted by molar-refractivity contribution is -0.130. The third kappa shape index (κ3) is 5.08. The van der Waals surface area contributed by atoms with Gasteiger partial charge in [-0.2, -0.15) is 0 Å². The molecule has 1 amide bonds. The molecule has 118 valence electrons. The second-order valence-electron chi connectivity index (χ2n) is 6.94. The zero-order chi connectivity index (χ0) is 15.1. The van der Waals surface area contributed by atoms with E-state index in [2.05, 4.69) is 44.8 Å². The lowest BCUT2D eigenvalue weighted by Crippen LogP contribution is -2.41. The van der Waals surface area contributed by atoms with Crippen molar-refractivity contribution in [3.63, 3.8) is 0 Å². The van der Waals surface area contributed by atoms with Crippen LogP contribution in [0.25, 0.3) is 0 Å². The fraction of sp³-hybridized carbons (Fsp3) is 0.941. The van der Waals surface area contributed by atoms with Gasteiger partial charge in [0.2, 0.25) is 5.91 Å². The molecule has 2 unspecified atom stereocenters. The van der Waals surface area contributed by atoms with Crippen molar-refractivity contribution in [3.05, 3.63) is 0 Å². The molecule has 0 aromatic heterocycles. The maximum atomic E-state index is 12.3. The van der Waals surface area contributed by atoms with Gasteiger partial charge in [0, 0.05) is 6.54 Å². The van der Waals surface area contributed by atoms with Gasteiger partial charge in [0.1, 0.15) is 0 Å². The van der Waals surface area contributed by atoms with Crippen molar-refractivity contribution in [3.8, 4) is 0 Å². The topological polar surface area (TPSA) is 32.3 Å². The van der Waals surface area contributed by atoms with Crippen LogP contribution in [0.2, 0.25) is 0 Å². The minimum Gasteiger partial charge on any atom is -0.326 e. The number of hydrogen-bond donors (Lipinski definition) is 1. The normalized spacial score (nSPS) is 23.4. The first-order chi connectivity index (χ1) is 9.47. The van der Waals surface area contributed by atoms with Gasteiger partial charge in [0.05, 0.1) is 12.2 Å². The summed E-state index contributed by atoms with van der Waals surface area (Å²) in [5.74, 6) is 1.61. The van der Waals surface area contributed by atoms with Gasteiger partial charge in [-0.3, -0.25) is 10.1 Å². The van der Waals surface area contributed by atoms with Gasteiger partial charge in [-0.15, -0.1) is 0 Å². The zero-order valence-corrected chi connectivity index (χ0v) is 14.1. The van der Waals surface area contributed by atoms with Gasteiger partial charge in [-0.1, -0.05) is 60.3 Å². The summed E-state index contributed by atoms with van der Waals surface area (Å²) in [7, 11) is 0. The van der Waals surface area contributed by atoms with Crippen LogP contribution in [0, 0.1) is 11.8 Å². The monoisotopic (exact) mass is 282 g/mol. The standard InChI is InChI=1S/C17H34N2O/c1-6-15-17(20)19(16(18-15)14(4)5)12-10-8-7-9-11-13(2)3/h13-16,18H,6-12H2,1-5H3. The van der Waals surface area contributed by atoms with Gasteiger partial charge >= 0.3 is 0 Å². The van der Waals surface area contributed by atoms with Crippen molar-refractivity contribution < 1.29 is 4.79 Å². The van der Waals surface area contributed by atoms with Crippen LogP contribution in [0.1, 0.15) is 73.1 Å². The Kier molecular flexibility index (Phi) is 7.57. The largest absolute Gasteiger partial charge is 0.326 e. The molecule has 3 nitrogen and oxygen atoms in total. The fourth-order valence-electron chi connectivity index (χ4n) is 2.99. The van der Waals surface area contributed by atoms with Gasteiger partial charge in [0.15, 0.2) is 0 Å². The molecule has 2 atom stereocenters. The number of nitrogens with one attached hydrogen (secondary N) is 1. The molecule has 0 aliphatic carbocycles. The first-order valence-corrected chi connectivity index (χ1v) is 8.53. The molecular formula is C17H34N2O. The summed E-state index contributed by atoms with van der Waals surface area (Å²) in [6, 6.07) is 0.0448. The first-order valence-electron chi connectivity index (χ1n) is 8.53. The molecule has 1 saturated heterocycles. The first kappa shape index (κ1) is 17.5. The number of carbonyl (C=O) groups excluding carboxylic acids is 1. The third-order valence-electron chi connectivity index (χ3n) is 4.26. The van der Waals surface area contributed by atoms with E-state index >= 15 is 0 Å². The summed E-state index contributed by atoms with van der Waals surface area (Å²) in [6.07, 6.45) is 7.49. The molecule has 0 bridgehead atoms. The molecule has 1 aliphatic rings. The lowest BCUT2D eigenvalue weighted by Gasteiger charge is -2.27. The van der Waals surface area contributed by atoms with Crippen molar-refractivity contribution >= 4 is 5.91 Å². The maximum absolute atomic E-state index is 12.3. The van der Waals surface area contributed by atoms with E-state index < -0.39 is 0 Å². The smallest absolute Gasteiger partial charge is 0.241 e. The van der Waals surface area contributed by atoms with Crippen molar-refractivity contribution in [2.75, 3.05) is 6.54 Å². The quantitative estimate of drug-likeness (QED) is 0.653. The molecule has 1 fully saturated rings. The molecular weight excluding hydrogens is 248 g/mol. The molecule has 1 aliphatic heterocycles. The van der Waals surface area contributed by atoms with Gasteiger partial charge in [-0.05, 0) is 24.7 Å². The molecule has 0 radical (unpaired) electrons. The Bertz CT molecular complexity index is 289. The fourth-order valence-corrected chi connectivity index (χ4v) is 2.99. The Morgan fingerprint density at radius 1 is 1.10 bits per heavy atom. The van der Waals surface area contributed by atoms with Crippen LogP contribution in [-0.2, 0) is 4.79 Å². The number of amides is 1. The summed E-state index contributed by atoms with van der Waals surface area (Å²) >= 11 is 0. The van der Waals surface area contributed by atoms with E-state index in [0.29, 0.717) is 11.8 Å². The average Bonchev–Trinajstić information content (AvgIpc) is 2.70. The Morgan fingerprint density at radius 2 is 1.75 bits per heavy atom. The van der Waals surface area contributed by atoms with E-state index in [-0.39, 0.29) is 12.2 Å². The highest BCUT2D eigenvalue weighted by molar-refractivity contribution is 5.84. The Hall–Kier alpha value is -0.570. The maximum Gasteiger partial charge on any atom is 0.241 e. The van der Waals surface area contributed by atoms with Gasteiger partial charge < -0.3 is 4.90 Å². The number of carbonyl (C=O) groups is 1. The summed E-state index contributed by atoms with van der Waals surface area (Å²) in [6.45, 7) is 12.0. The van der Waals surface area contributed by atoms with Crippen LogP contribution in [0.3, 0.4) is 0 Å². The average molecular weight is 282 g/mol. The zero-order valence-electron chi connectivity index (χ0n) is 14.1. The molecule has 0 saturated carbocycles. The lowest BCUT2D eigenvalue weighted by atomic mass is 10.0. The van der Waals surface area contributed by atoms with Crippen molar-refractivity contribution in [1.29, 1.82) is 0 Å². The Balaban J connectivity index is 2.31. The summed E-state index contributed by atoms with van der Waals surface area (Å²) in [5.41, 5.74) is 0. The van der Waals surface area contributed by atoms with Crippen LogP contribution in [0.5, 0.6) is 0 Å². The van der Waals surface area contributed by atoms with E-state index in [9.17, 15) is 4.79 Å². The minimum absolute atomic E-state index is 0.0448. The highest BCUT2D eigenvalue weighted by Gasteiger charge is 2.38.